The second-order valence-corrected chi connectivity index (χ2v) is 5.73. The summed E-state index contributed by atoms with van der Waals surface area (Å²) in [7, 11) is 1.58. The van der Waals surface area contributed by atoms with Crippen LogP contribution < -0.4 is 10.1 Å². The minimum atomic E-state index is -1.14. The van der Waals surface area contributed by atoms with Crippen LogP contribution in [-0.2, 0) is 9.63 Å². The highest BCUT2D eigenvalue weighted by molar-refractivity contribution is 6.07. The molecular weight excluding hydrogens is 311 g/mol. The maximum atomic E-state index is 13.3. The lowest BCUT2D eigenvalue weighted by Gasteiger charge is -2.20. The van der Waals surface area contributed by atoms with Crippen molar-refractivity contribution in [3.8, 4) is 5.75 Å². The zero-order valence-electron chi connectivity index (χ0n) is 13.4. The average molecular weight is 328 g/mol. The smallest absolute Gasteiger partial charge is 0.271 e. The molecule has 0 aromatic heterocycles. The molecule has 24 heavy (non-hydrogen) atoms. The molecule has 6 heteroatoms. The van der Waals surface area contributed by atoms with Crippen LogP contribution in [0.25, 0.3) is 0 Å². The third-order valence-electron chi connectivity index (χ3n) is 3.85. The van der Waals surface area contributed by atoms with Gasteiger partial charge in [-0.25, -0.2) is 4.39 Å². The van der Waals surface area contributed by atoms with Crippen LogP contribution in [0.2, 0.25) is 0 Å². The molecule has 0 spiro atoms. The number of carbonyl (C=O) groups excluding carboxylic acids is 1. The summed E-state index contributed by atoms with van der Waals surface area (Å²) < 4.78 is 18.4. The van der Waals surface area contributed by atoms with Gasteiger partial charge >= 0.3 is 0 Å². The Labute approximate surface area is 139 Å². The number of anilines is 1. The van der Waals surface area contributed by atoms with Gasteiger partial charge in [0.2, 0.25) is 5.60 Å². The molecule has 0 bridgehead atoms. The van der Waals surface area contributed by atoms with E-state index in [4.69, 9.17) is 9.57 Å². The van der Waals surface area contributed by atoms with Crippen LogP contribution in [0.15, 0.2) is 53.7 Å². The third-order valence-corrected chi connectivity index (χ3v) is 3.85. The van der Waals surface area contributed by atoms with Gasteiger partial charge in [-0.15, -0.1) is 0 Å². The fourth-order valence-corrected chi connectivity index (χ4v) is 2.42. The lowest BCUT2D eigenvalue weighted by molar-refractivity contribution is -0.135. The standard InChI is InChI=1S/C18H17FN2O3/c1-18(17(22)20-14-6-8-15(23-2)9-7-14)11-16(21-24-18)12-4-3-5-13(19)10-12/h3-10H,11H2,1-2H3,(H,20,22)/t18-/m0/s1. The number of methoxy groups -OCH3 is 1. The molecule has 1 atom stereocenters. The number of oxime groups is 1. The van der Waals surface area contributed by atoms with Crippen LogP contribution in [0.3, 0.4) is 0 Å². The number of hydrogen-bond donors (Lipinski definition) is 1. The summed E-state index contributed by atoms with van der Waals surface area (Å²) in [6, 6.07) is 13.0. The van der Waals surface area contributed by atoms with Gasteiger partial charge in [0.1, 0.15) is 11.6 Å². The Hall–Kier alpha value is -2.89. The fourth-order valence-electron chi connectivity index (χ4n) is 2.42. The normalized spacial score (nSPS) is 19.4. The van der Waals surface area contributed by atoms with E-state index in [1.165, 1.54) is 12.1 Å². The van der Waals surface area contributed by atoms with Gasteiger partial charge in [-0.05, 0) is 43.3 Å². The van der Waals surface area contributed by atoms with E-state index in [-0.39, 0.29) is 18.1 Å². The van der Waals surface area contributed by atoms with Crippen molar-refractivity contribution in [3.05, 3.63) is 59.9 Å². The van der Waals surface area contributed by atoms with Gasteiger partial charge in [0.05, 0.1) is 12.8 Å². The summed E-state index contributed by atoms with van der Waals surface area (Å²) in [5, 5.41) is 6.75. The molecule has 124 valence electrons. The van der Waals surface area contributed by atoms with Crippen molar-refractivity contribution in [3.63, 3.8) is 0 Å². The zero-order valence-corrected chi connectivity index (χ0v) is 13.4. The molecule has 0 aliphatic carbocycles. The minimum Gasteiger partial charge on any atom is -0.497 e. The van der Waals surface area contributed by atoms with Gasteiger partial charge in [0.15, 0.2) is 0 Å². The zero-order chi connectivity index (χ0) is 17.2. The van der Waals surface area contributed by atoms with Gasteiger partial charge < -0.3 is 14.9 Å². The summed E-state index contributed by atoms with van der Waals surface area (Å²) in [6.45, 7) is 1.65. The predicted octanol–water partition coefficient (Wildman–Crippen LogP) is 3.36. The summed E-state index contributed by atoms with van der Waals surface area (Å²) in [4.78, 5) is 17.9. The topological polar surface area (TPSA) is 59.9 Å². The van der Waals surface area contributed by atoms with Crippen molar-refractivity contribution in [2.45, 2.75) is 18.9 Å². The molecule has 0 radical (unpaired) electrons. The number of amides is 1. The van der Waals surface area contributed by atoms with Crippen molar-refractivity contribution in [1.82, 2.24) is 0 Å². The number of ether oxygens (including phenoxy) is 1. The van der Waals surface area contributed by atoms with E-state index >= 15 is 0 Å². The van der Waals surface area contributed by atoms with Gasteiger partial charge in [0, 0.05) is 17.7 Å². The Kier molecular flexibility index (Phi) is 4.20. The Bertz CT molecular complexity index is 789. The largest absolute Gasteiger partial charge is 0.497 e. The fraction of sp³-hybridized carbons (Fsp3) is 0.222. The van der Waals surface area contributed by atoms with Crippen LogP contribution in [0.5, 0.6) is 5.75 Å². The molecule has 0 saturated carbocycles. The Morgan fingerprint density at radius 1 is 1.29 bits per heavy atom. The minimum absolute atomic E-state index is 0.262. The molecule has 1 N–H and O–H groups in total. The number of halogens is 1. The first-order chi connectivity index (χ1) is 11.5. The molecule has 0 unspecified atom stereocenters. The number of rotatable bonds is 4. The van der Waals surface area contributed by atoms with Crippen LogP contribution >= 0.6 is 0 Å². The summed E-state index contributed by atoms with van der Waals surface area (Å²) in [5.74, 6) is 0.0300. The van der Waals surface area contributed by atoms with Crippen molar-refractivity contribution < 1.29 is 18.8 Å². The van der Waals surface area contributed by atoms with E-state index in [2.05, 4.69) is 10.5 Å². The van der Waals surface area contributed by atoms with Gasteiger partial charge in [-0.1, -0.05) is 17.3 Å². The Morgan fingerprint density at radius 3 is 2.71 bits per heavy atom. The van der Waals surface area contributed by atoms with Crippen LogP contribution in [-0.4, -0.2) is 24.3 Å². The first-order valence-corrected chi connectivity index (χ1v) is 7.47. The molecule has 1 heterocycles. The average Bonchev–Trinajstić information content (AvgIpc) is 2.99. The van der Waals surface area contributed by atoms with Crippen molar-refractivity contribution in [2.75, 3.05) is 12.4 Å². The van der Waals surface area contributed by atoms with Gasteiger partial charge in [0.25, 0.3) is 5.91 Å². The van der Waals surface area contributed by atoms with Crippen LogP contribution in [0, 0.1) is 5.82 Å². The third kappa shape index (κ3) is 3.22. The van der Waals surface area contributed by atoms with Gasteiger partial charge in [-0.3, -0.25) is 4.79 Å². The molecule has 1 amide bonds. The van der Waals surface area contributed by atoms with Crippen molar-refractivity contribution >= 4 is 17.3 Å². The van der Waals surface area contributed by atoms with E-state index in [1.54, 1.807) is 50.4 Å². The molecule has 0 fully saturated rings. The SMILES string of the molecule is COc1ccc(NC(=O)[C@]2(C)CC(c3cccc(F)c3)=NO2)cc1. The molecule has 0 saturated heterocycles. The van der Waals surface area contributed by atoms with Crippen molar-refractivity contribution in [1.29, 1.82) is 0 Å². The highest BCUT2D eigenvalue weighted by Crippen LogP contribution is 2.28. The number of carbonyl (C=O) groups is 1. The summed E-state index contributed by atoms with van der Waals surface area (Å²) in [5.41, 5.74) is 0.643. The first-order valence-electron chi connectivity index (χ1n) is 7.47. The maximum absolute atomic E-state index is 13.3. The van der Waals surface area contributed by atoms with E-state index in [0.717, 1.165) is 0 Å². The maximum Gasteiger partial charge on any atom is 0.271 e. The number of hydrogen-bond acceptors (Lipinski definition) is 4. The molecule has 3 rings (SSSR count). The summed E-state index contributed by atoms with van der Waals surface area (Å²) >= 11 is 0. The quantitative estimate of drug-likeness (QED) is 0.936. The molecule has 1 aliphatic heterocycles. The first kappa shape index (κ1) is 16.0. The number of nitrogens with one attached hydrogen (secondary N) is 1. The van der Waals surface area contributed by atoms with E-state index in [1.807, 2.05) is 0 Å². The monoisotopic (exact) mass is 328 g/mol. The van der Waals surface area contributed by atoms with Crippen LogP contribution in [0.1, 0.15) is 18.9 Å². The highest BCUT2D eigenvalue weighted by Gasteiger charge is 2.42. The molecule has 2 aromatic carbocycles. The van der Waals surface area contributed by atoms with E-state index in [9.17, 15) is 9.18 Å². The molecular formula is C18H17FN2O3. The Morgan fingerprint density at radius 2 is 2.04 bits per heavy atom. The molecule has 5 nitrogen and oxygen atoms in total. The second kappa shape index (κ2) is 6.31. The predicted molar refractivity (Wildman–Crippen MR) is 88.7 cm³/mol. The van der Waals surface area contributed by atoms with Crippen molar-refractivity contribution in [2.24, 2.45) is 5.16 Å². The lowest BCUT2D eigenvalue weighted by Crippen LogP contribution is -2.40. The second-order valence-electron chi connectivity index (χ2n) is 5.73. The van der Waals surface area contributed by atoms with E-state index < -0.39 is 5.60 Å². The number of nitrogens with zero attached hydrogens (tertiary/aromatic N) is 1. The molecule has 1 aliphatic rings. The van der Waals surface area contributed by atoms with E-state index in [0.29, 0.717) is 22.7 Å². The molecule has 2 aromatic rings. The Balaban J connectivity index is 1.69. The number of benzene rings is 2. The van der Waals surface area contributed by atoms with Gasteiger partial charge in [-0.2, -0.15) is 0 Å². The van der Waals surface area contributed by atoms with Crippen LogP contribution in [0.4, 0.5) is 10.1 Å². The highest BCUT2D eigenvalue weighted by atomic mass is 19.1. The lowest BCUT2D eigenvalue weighted by atomic mass is 9.95. The summed E-state index contributed by atoms with van der Waals surface area (Å²) in [6.07, 6.45) is 0.262.